The third-order valence-corrected chi connectivity index (χ3v) is 9.57. The summed E-state index contributed by atoms with van der Waals surface area (Å²) in [7, 11) is 0. The van der Waals surface area contributed by atoms with E-state index in [0.29, 0.717) is 0 Å². The van der Waals surface area contributed by atoms with Gasteiger partial charge < -0.3 is 9.13 Å². The molecule has 206 valence electrons. The minimum absolute atomic E-state index is 0.823. The van der Waals surface area contributed by atoms with Crippen molar-refractivity contribution in [2.75, 3.05) is 6.54 Å². The molecule has 0 saturated carbocycles. The number of hydrogen-bond acceptors (Lipinski definition) is 1. The van der Waals surface area contributed by atoms with Crippen molar-refractivity contribution in [1.82, 2.24) is 9.13 Å². The van der Waals surface area contributed by atoms with E-state index in [0.717, 1.165) is 53.2 Å². The highest BCUT2D eigenvalue weighted by Gasteiger charge is 2.24. The molecule has 41 heavy (non-hydrogen) atoms. The van der Waals surface area contributed by atoms with Crippen molar-refractivity contribution in [2.24, 2.45) is 4.99 Å². The van der Waals surface area contributed by atoms with Gasteiger partial charge in [-0.05, 0) is 85.5 Å². The van der Waals surface area contributed by atoms with E-state index in [1.165, 1.54) is 65.2 Å². The Balaban J connectivity index is 1.94. The van der Waals surface area contributed by atoms with Gasteiger partial charge in [0.2, 0.25) is 0 Å². The van der Waals surface area contributed by atoms with Crippen molar-refractivity contribution in [1.29, 1.82) is 0 Å². The molecule has 0 amide bonds. The van der Waals surface area contributed by atoms with Crippen LogP contribution >= 0.6 is 31.9 Å². The number of halogens is 2. The van der Waals surface area contributed by atoms with Crippen LogP contribution in [0.1, 0.15) is 40.0 Å². The zero-order chi connectivity index (χ0) is 28.2. The second-order valence-electron chi connectivity index (χ2n) is 11.0. The summed E-state index contributed by atoms with van der Waals surface area (Å²) in [4.78, 5) is 5.10. The van der Waals surface area contributed by atoms with E-state index in [1.807, 2.05) is 0 Å². The lowest BCUT2D eigenvalue weighted by atomic mass is 9.92. The monoisotopic (exact) mass is 665 g/mol. The molecule has 7 aromatic rings. The second kappa shape index (κ2) is 10.6. The first-order valence-corrected chi connectivity index (χ1v) is 16.4. The fraction of sp³-hybridized carbons (Fsp3) is 0.250. The van der Waals surface area contributed by atoms with E-state index in [1.54, 1.807) is 0 Å². The molecule has 3 nitrogen and oxygen atoms in total. The van der Waals surface area contributed by atoms with E-state index >= 15 is 0 Å². The van der Waals surface area contributed by atoms with Crippen molar-refractivity contribution in [3.05, 3.63) is 87.1 Å². The molecule has 0 aliphatic rings. The normalized spacial score (nSPS) is 12.8. The average Bonchev–Trinajstić information content (AvgIpc) is 2.99. The molecule has 0 radical (unpaired) electrons. The Morgan fingerprint density at radius 3 is 1.88 bits per heavy atom. The summed E-state index contributed by atoms with van der Waals surface area (Å²) >= 11 is 8.07. The molecule has 0 N–H and O–H groups in total. The Bertz CT molecular complexity index is 2220. The molecule has 0 aliphatic carbocycles. The molecule has 5 heteroatoms. The zero-order valence-electron chi connectivity index (χ0n) is 23.8. The average molecular weight is 667 g/mol. The van der Waals surface area contributed by atoms with Crippen molar-refractivity contribution in [3.63, 3.8) is 0 Å². The highest BCUT2D eigenvalue weighted by Crippen LogP contribution is 2.47. The molecule has 0 saturated heterocycles. The predicted molar refractivity (Wildman–Crippen MR) is 184 cm³/mol. The van der Waals surface area contributed by atoms with Crippen LogP contribution in [-0.4, -0.2) is 15.7 Å². The van der Waals surface area contributed by atoms with Gasteiger partial charge in [-0.1, -0.05) is 75.4 Å². The smallest absolute Gasteiger partial charge is 0.0673 e. The van der Waals surface area contributed by atoms with Crippen LogP contribution in [0.15, 0.2) is 86.7 Å². The van der Waals surface area contributed by atoms with E-state index in [-0.39, 0.29) is 0 Å². The van der Waals surface area contributed by atoms with Crippen molar-refractivity contribution in [2.45, 2.75) is 53.1 Å². The standard InChI is InChI=1S/C36H33Br2N3/c1-4-17-39-28-21-30-32(25-14-10-9-13-24(25)28)33-31-23-12-8-7-11-22(23)15-16-29(31)40(18-5-2)35-26(37)20-27(38)36(34(33)35)41(30)19-6-3/h7-16,20-21H,4-6,17-19H2,1-3H3. The summed E-state index contributed by atoms with van der Waals surface area (Å²) in [5, 5.41) is 11.4. The summed E-state index contributed by atoms with van der Waals surface area (Å²) in [6.45, 7) is 9.43. The first kappa shape index (κ1) is 26.7. The lowest BCUT2D eigenvalue weighted by molar-refractivity contribution is 0.714. The van der Waals surface area contributed by atoms with Crippen LogP contribution in [0.4, 0.5) is 0 Å². The lowest BCUT2D eigenvalue weighted by Crippen LogP contribution is -2.12. The van der Waals surface area contributed by atoms with E-state index < -0.39 is 0 Å². The number of hydrogen-bond donors (Lipinski definition) is 0. The van der Waals surface area contributed by atoms with Gasteiger partial charge in [-0.25, -0.2) is 0 Å². The fourth-order valence-corrected chi connectivity index (χ4v) is 8.41. The fourth-order valence-electron chi connectivity index (χ4n) is 6.82. The topological polar surface area (TPSA) is 22.2 Å². The summed E-state index contributed by atoms with van der Waals surface area (Å²) in [5.74, 6) is 0. The van der Waals surface area contributed by atoms with Gasteiger partial charge in [-0.15, -0.1) is 0 Å². The van der Waals surface area contributed by atoms with Crippen LogP contribution in [0.5, 0.6) is 0 Å². The molecule has 0 spiro atoms. The quantitative estimate of drug-likeness (QED) is 0.124. The maximum atomic E-state index is 5.10. The van der Waals surface area contributed by atoms with Gasteiger partial charge in [0, 0.05) is 61.0 Å². The number of fused-ring (bicyclic) bond motifs is 8. The zero-order valence-corrected chi connectivity index (χ0v) is 26.9. The van der Waals surface area contributed by atoms with Crippen molar-refractivity contribution < 1.29 is 0 Å². The molecule has 5 aromatic carbocycles. The highest BCUT2D eigenvalue weighted by atomic mass is 79.9. The Kier molecular flexibility index (Phi) is 6.91. The third-order valence-electron chi connectivity index (χ3n) is 8.36. The Morgan fingerprint density at radius 2 is 1.20 bits per heavy atom. The number of aromatic nitrogens is 2. The molecule has 0 fully saturated rings. The van der Waals surface area contributed by atoms with E-state index in [2.05, 4.69) is 135 Å². The summed E-state index contributed by atoms with van der Waals surface area (Å²) < 4.78 is 7.32. The van der Waals surface area contributed by atoms with Gasteiger partial charge in [0.25, 0.3) is 0 Å². The van der Waals surface area contributed by atoms with Gasteiger partial charge >= 0.3 is 0 Å². The number of pyridine rings is 2. The van der Waals surface area contributed by atoms with Gasteiger partial charge in [0.05, 0.1) is 21.9 Å². The third kappa shape index (κ3) is 3.99. The van der Waals surface area contributed by atoms with Crippen LogP contribution in [0, 0.1) is 0 Å². The molecule has 2 heterocycles. The molecular formula is C36H33Br2N3. The second-order valence-corrected chi connectivity index (χ2v) is 12.7. The van der Waals surface area contributed by atoms with E-state index in [9.17, 15) is 0 Å². The summed E-state index contributed by atoms with van der Waals surface area (Å²) in [6.07, 6.45) is 3.12. The number of rotatable bonds is 6. The molecule has 2 aromatic heterocycles. The Labute approximate surface area is 256 Å². The van der Waals surface area contributed by atoms with Crippen LogP contribution in [0.2, 0.25) is 0 Å². The summed E-state index contributed by atoms with van der Waals surface area (Å²) in [5.41, 5.74) is 5.04. The van der Waals surface area contributed by atoms with Crippen LogP contribution in [0.25, 0.3) is 65.2 Å². The van der Waals surface area contributed by atoms with Gasteiger partial charge in [0.1, 0.15) is 0 Å². The number of aryl methyl sites for hydroxylation is 2. The lowest BCUT2D eigenvalue weighted by Gasteiger charge is -2.26. The minimum Gasteiger partial charge on any atom is -0.339 e. The minimum atomic E-state index is 0.823. The number of nitrogens with zero attached hydrogens (tertiary/aromatic N) is 3. The van der Waals surface area contributed by atoms with Crippen molar-refractivity contribution >= 4 is 97.0 Å². The first-order valence-electron chi connectivity index (χ1n) is 14.8. The van der Waals surface area contributed by atoms with Crippen LogP contribution in [-0.2, 0) is 13.1 Å². The maximum Gasteiger partial charge on any atom is 0.0673 e. The molecule has 0 aliphatic heterocycles. The molecule has 0 unspecified atom stereocenters. The summed E-state index contributed by atoms with van der Waals surface area (Å²) in [6, 6.07) is 27.0. The highest BCUT2D eigenvalue weighted by molar-refractivity contribution is 9.11. The molecular weight excluding hydrogens is 634 g/mol. The Morgan fingerprint density at radius 1 is 0.585 bits per heavy atom. The first-order chi connectivity index (χ1) is 20.1. The number of benzene rings is 5. The largest absolute Gasteiger partial charge is 0.339 e. The maximum absolute atomic E-state index is 5.10. The predicted octanol–water partition coefficient (Wildman–Crippen LogP) is 10.9. The molecule has 0 atom stereocenters. The van der Waals surface area contributed by atoms with E-state index in [4.69, 9.17) is 4.99 Å². The van der Waals surface area contributed by atoms with Crippen LogP contribution in [0.3, 0.4) is 0 Å². The van der Waals surface area contributed by atoms with Gasteiger partial charge in [0.15, 0.2) is 0 Å². The van der Waals surface area contributed by atoms with Gasteiger partial charge in [-0.3, -0.25) is 4.99 Å². The SMILES string of the molecule is CCCN=c1cc2c(c3ccccc13)c1c3c4ccccc4ccc3n(CCC)c3c(Br)cc(Br)c(c13)n2CCC. The molecule has 0 bridgehead atoms. The molecule has 7 rings (SSSR count). The van der Waals surface area contributed by atoms with Gasteiger partial charge in [-0.2, -0.15) is 0 Å². The Hall–Kier alpha value is -3.15. The van der Waals surface area contributed by atoms with Crippen LogP contribution < -0.4 is 5.36 Å². The van der Waals surface area contributed by atoms with Crippen molar-refractivity contribution in [3.8, 4) is 0 Å².